The van der Waals surface area contributed by atoms with E-state index in [4.69, 9.17) is 21.6 Å². The Kier molecular flexibility index (Phi) is 4.47. The highest BCUT2D eigenvalue weighted by Crippen LogP contribution is 2.38. The topological polar surface area (TPSA) is 72.4 Å². The largest absolute Gasteiger partial charge is 0.354 e. The Morgan fingerprint density at radius 2 is 1.87 bits per heavy atom. The fraction of sp³-hybridized carbons (Fsp3) is 0.348. The molecule has 8 heteroatoms. The molecule has 0 amide bonds. The van der Waals surface area contributed by atoms with Crippen molar-refractivity contribution in [3.63, 3.8) is 0 Å². The van der Waals surface area contributed by atoms with E-state index in [1.165, 1.54) is 12.8 Å². The number of pyridine rings is 1. The minimum absolute atomic E-state index is 0.664. The van der Waals surface area contributed by atoms with Crippen LogP contribution in [0.25, 0.3) is 0 Å². The maximum atomic E-state index is 6.56. The molecule has 2 fully saturated rings. The first kappa shape index (κ1) is 18.8. The van der Waals surface area contributed by atoms with Crippen molar-refractivity contribution in [1.29, 1.82) is 0 Å². The summed E-state index contributed by atoms with van der Waals surface area (Å²) < 4.78 is 0. The average molecular weight is 434 g/mol. The molecule has 1 aromatic carbocycles. The van der Waals surface area contributed by atoms with Crippen LogP contribution in [0.2, 0.25) is 5.02 Å². The van der Waals surface area contributed by atoms with Crippen LogP contribution in [-0.2, 0) is 0 Å². The molecule has 7 nitrogen and oxygen atoms in total. The highest BCUT2D eigenvalue weighted by molar-refractivity contribution is 6.36. The maximum absolute atomic E-state index is 6.56. The molecule has 3 aliphatic rings. The second-order valence-electron chi connectivity index (χ2n) is 8.45. The van der Waals surface area contributed by atoms with Gasteiger partial charge in [-0.15, -0.1) is 0 Å². The molecular weight excluding hydrogens is 410 g/mol. The molecule has 158 valence electrons. The van der Waals surface area contributed by atoms with Gasteiger partial charge in [0.05, 0.1) is 17.1 Å². The van der Waals surface area contributed by atoms with Crippen molar-refractivity contribution in [2.45, 2.75) is 25.8 Å². The van der Waals surface area contributed by atoms with E-state index in [-0.39, 0.29) is 0 Å². The smallest absolute Gasteiger partial charge is 0.178 e. The van der Waals surface area contributed by atoms with E-state index in [1.807, 2.05) is 37.4 Å². The molecule has 3 aromatic rings. The molecule has 2 aliphatic heterocycles. The summed E-state index contributed by atoms with van der Waals surface area (Å²) in [7, 11) is 0. The number of rotatable bonds is 3. The Bertz CT molecular complexity index is 1170. The number of nitrogens with one attached hydrogen (secondary N) is 2. The van der Waals surface area contributed by atoms with Gasteiger partial charge in [-0.1, -0.05) is 29.8 Å². The summed E-state index contributed by atoms with van der Waals surface area (Å²) in [5, 5.41) is 11.6. The normalized spacial score (nSPS) is 18.6. The van der Waals surface area contributed by atoms with Crippen molar-refractivity contribution in [1.82, 2.24) is 20.1 Å². The molecule has 2 aromatic heterocycles. The van der Waals surface area contributed by atoms with Crippen LogP contribution in [0.1, 0.15) is 29.7 Å². The number of anilines is 3. The zero-order chi connectivity index (χ0) is 20.9. The minimum atomic E-state index is 0.664. The van der Waals surface area contributed by atoms with Crippen molar-refractivity contribution in [2.75, 3.05) is 36.4 Å². The first-order valence-corrected chi connectivity index (χ1v) is 11.2. The van der Waals surface area contributed by atoms with Gasteiger partial charge in [0.1, 0.15) is 11.5 Å². The number of halogens is 1. The fourth-order valence-corrected chi connectivity index (χ4v) is 4.70. The average Bonchev–Trinajstić information content (AvgIpc) is 3.60. The Labute approximate surface area is 186 Å². The highest BCUT2D eigenvalue weighted by atomic mass is 35.5. The second-order valence-corrected chi connectivity index (χ2v) is 8.86. The number of fused-ring (bicyclic) bond motifs is 2. The van der Waals surface area contributed by atoms with Gasteiger partial charge < -0.3 is 10.2 Å². The highest BCUT2D eigenvalue weighted by Gasteiger charge is 2.32. The van der Waals surface area contributed by atoms with E-state index in [1.54, 1.807) is 0 Å². The van der Waals surface area contributed by atoms with Crippen LogP contribution in [0, 0.1) is 6.92 Å². The molecule has 0 atom stereocenters. The van der Waals surface area contributed by atoms with Crippen molar-refractivity contribution in [3.05, 3.63) is 58.4 Å². The van der Waals surface area contributed by atoms with E-state index < -0.39 is 0 Å². The summed E-state index contributed by atoms with van der Waals surface area (Å²) in [6, 6.07) is 10.7. The van der Waals surface area contributed by atoms with Gasteiger partial charge in [0.2, 0.25) is 0 Å². The zero-order valence-corrected chi connectivity index (χ0v) is 18.2. The lowest BCUT2D eigenvalue weighted by atomic mass is 10.0. The van der Waals surface area contributed by atoms with E-state index >= 15 is 0 Å². The predicted molar refractivity (Wildman–Crippen MR) is 124 cm³/mol. The lowest BCUT2D eigenvalue weighted by Gasteiger charge is -2.35. The van der Waals surface area contributed by atoms with Crippen LogP contribution in [0.3, 0.4) is 0 Å². The number of nitrogens with zero attached hydrogens (tertiary/aromatic N) is 5. The molecule has 1 aliphatic carbocycles. The number of aliphatic imine (C=N–C) groups is 1. The molecule has 4 heterocycles. The number of aromatic amines is 1. The molecule has 2 N–H and O–H groups in total. The fourth-order valence-electron chi connectivity index (χ4n) is 4.47. The third-order valence-electron chi connectivity index (χ3n) is 6.37. The summed E-state index contributed by atoms with van der Waals surface area (Å²) >= 11 is 6.56. The molecule has 31 heavy (non-hydrogen) atoms. The van der Waals surface area contributed by atoms with Gasteiger partial charge in [-0.05, 0) is 25.8 Å². The monoisotopic (exact) mass is 433 g/mol. The number of benzene rings is 1. The molecule has 1 saturated heterocycles. The number of aromatic nitrogens is 3. The summed E-state index contributed by atoms with van der Waals surface area (Å²) in [6.07, 6.45) is 4.63. The molecule has 0 radical (unpaired) electrons. The van der Waals surface area contributed by atoms with E-state index in [9.17, 15) is 0 Å². The predicted octanol–water partition coefficient (Wildman–Crippen LogP) is 4.28. The SMILES string of the molecule is Cc1[nH]nc2c1N=C(c1ccccc1Cl)c1cnc(N3CCN(C4CC4)CC3)cc1N2. The Morgan fingerprint density at radius 3 is 2.65 bits per heavy atom. The van der Waals surface area contributed by atoms with Crippen LogP contribution in [0.4, 0.5) is 23.0 Å². The van der Waals surface area contributed by atoms with Crippen LogP contribution >= 0.6 is 11.6 Å². The summed E-state index contributed by atoms with van der Waals surface area (Å²) in [4.78, 5) is 14.8. The van der Waals surface area contributed by atoms with Crippen molar-refractivity contribution in [2.24, 2.45) is 4.99 Å². The lowest BCUT2D eigenvalue weighted by molar-refractivity contribution is 0.247. The van der Waals surface area contributed by atoms with Gasteiger partial charge in [0.25, 0.3) is 0 Å². The van der Waals surface area contributed by atoms with Crippen molar-refractivity contribution >= 4 is 40.3 Å². The van der Waals surface area contributed by atoms with E-state index in [0.717, 1.165) is 77.8 Å². The minimum Gasteiger partial charge on any atom is -0.354 e. The Balaban J connectivity index is 1.40. The van der Waals surface area contributed by atoms with Gasteiger partial charge in [0.15, 0.2) is 5.82 Å². The molecule has 1 saturated carbocycles. The quantitative estimate of drug-likeness (QED) is 0.504. The molecule has 0 bridgehead atoms. The second kappa shape index (κ2) is 7.35. The molecule has 0 unspecified atom stereocenters. The first-order chi connectivity index (χ1) is 15.2. The number of H-pyrrole nitrogens is 1. The van der Waals surface area contributed by atoms with Crippen LogP contribution < -0.4 is 10.2 Å². The van der Waals surface area contributed by atoms with E-state index in [0.29, 0.717) is 5.02 Å². The van der Waals surface area contributed by atoms with Gasteiger partial charge in [-0.3, -0.25) is 10.00 Å². The maximum Gasteiger partial charge on any atom is 0.178 e. The molecule has 6 rings (SSSR count). The standard InChI is InChI=1S/C23H24ClN7/c1-14-21-23(29-28-14)26-19-12-20(31-10-8-30(9-11-31)15-6-7-15)25-13-17(19)22(27-21)16-4-2-3-5-18(16)24/h2-5,12-13,15H,6-11H2,1H3,(H2,26,28,29). The Hall–Kier alpha value is -2.90. The number of hydrogen-bond acceptors (Lipinski definition) is 6. The van der Waals surface area contributed by atoms with Gasteiger partial charge in [0, 0.05) is 60.6 Å². The molecule has 0 spiro atoms. The van der Waals surface area contributed by atoms with E-state index in [2.05, 4.69) is 31.4 Å². The third-order valence-corrected chi connectivity index (χ3v) is 6.70. The summed E-state index contributed by atoms with van der Waals surface area (Å²) in [5.74, 6) is 1.70. The number of piperazine rings is 1. The van der Waals surface area contributed by atoms with Gasteiger partial charge in [-0.25, -0.2) is 9.98 Å². The van der Waals surface area contributed by atoms with Crippen LogP contribution in [-0.4, -0.2) is 58.0 Å². The van der Waals surface area contributed by atoms with Crippen LogP contribution in [0.15, 0.2) is 41.5 Å². The lowest BCUT2D eigenvalue weighted by Crippen LogP contribution is -2.47. The zero-order valence-electron chi connectivity index (χ0n) is 17.4. The van der Waals surface area contributed by atoms with Gasteiger partial charge >= 0.3 is 0 Å². The van der Waals surface area contributed by atoms with Gasteiger partial charge in [-0.2, -0.15) is 5.10 Å². The first-order valence-electron chi connectivity index (χ1n) is 10.8. The third kappa shape index (κ3) is 3.38. The van der Waals surface area contributed by atoms with Crippen LogP contribution in [0.5, 0.6) is 0 Å². The van der Waals surface area contributed by atoms with Crippen molar-refractivity contribution < 1.29 is 0 Å². The summed E-state index contributed by atoms with van der Waals surface area (Å²) in [5.41, 5.74) is 5.25. The molecular formula is C23H24ClN7. The van der Waals surface area contributed by atoms with Crippen molar-refractivity contribution in [3.8, 4) is 0 Å². The summed E-state index contributed by atoms with van der Waals surface area (Å²) in [6.45, 7) is 6.18. The number of aryl methyl sites for hydroxylation is 1. The number of hydrogen-bond donors (Lipinski definition) is 2. The Morgan fingerprint density at radius 1 is 1.06 bits per heavy atom.